The number of benzene rings is 1. The summed E-state index contributed by atoms with van der Waals surface area (Å²) in [5, 5.41) is 21.5. The number of ether oxygens (including phenoxy) is 2. The van der Waals surface area contributed by atoms with E-state index in [-0.39, 0.29) is 25.3 Å². The van der Waals surface area contributed by atoms with Crippen molar-refractivity contribution in [2.45, 2.75) is 18.5 Å². The molecule has 1 aromatic rings. The fourth-order valence-corrected chi connectivity index (χ4v) is 2.12. The zero-order chi connectivity index (χ0) is 13.0. The van der Waals surface area contributed by atoms with Gasteiger partial charge in [-0.3, -0.25) is 0 Å². The van der Waals surface area contributed by atoms with Crippen molar-refractivity contribution in [1.29, 1.82) is 0 Å². The molecule has 3 N–H and O–H groups in total. The van der Waals surface area contributed by atoms with Gasteiger partial charge in [0.05, 0.1) is 33.0 Å². The second kappa shape index (κ2) is 6.04. The number of hydrogen-bond donors (Lipinski definition) is 3. The average Bonchev–Trinajstić information content (AvgIpc) is 2.44. The second-order valence-electron chi connectivity index (χ2n) is 4.32. The number of aliphatic hydroxyl groups excluding tert-OH is 2. The molecule has 0 aliphatic carbocycles. The van der Waals surface area contributed by atoms with Gasteiger partial charge >= 0.3 is 0 Å². The van der Waals surface area contributed by atoms with Crippen LogP contribution >= 0.6 is 0 Å². The normalized spacial score (nSPS) is 18.3. The summed E-state index contributed by atoms with van der Waals surface area (Å²) in [6.07, 6.45) is 0.802. The third-order valence-electron chi connectivity index (χ3n) is 3.13. The third kappa shape index (κ3) is 2.75. The number of rotatable bonds is 5. The van der Waals surface area contributed by atoms with Gasteiger partial charge in [-0.05, 0) is 18.2 Å². The molecule has 1 aromatic carbocycles. The minimum absolute atomic E-state index is 0.0631. The highest BCUT2D eigenvalue weighted by molar-refractivity contribution is 5.43. The van der Waals surface area contributed by atoms with Gasteiger partial charge in [-0.15, -0.1) is 0 Å². The lowest BCUT2D eigenvalue weighted by atomic mass is 9.99. The molecule has 1 unspecified atom stereocenters. The minimum Gasteiger partial charge on any atom is -0.497 e. The maximum atomic E-state index is 9.13. The first kappa shape index (κ1) is 13.1. The van der Waals surface area contributed by atoms with Crippen LogP contribution in [-0.2, 0) is 0 Å². The van der Waals surface area contributed by atoms with E-state index in [9.17, 15) is 0 Å². The smallest absolute Gasteiger partial charge is 0.124 e. The van der Waals surface area contributed by atoms with Crippen LogP contribution in [0.2, 0.25) is 0 Å². The zero-order valence-corrected chi connectivity index (χ0v) is 10.4. The summed E-state index contributed by atoms with van der Waals surface area (Å²) in [6, 6.07) is 5.42. The molecule has 100 valence electrons. The summed E-state index contributed by atoms with van der Waals surface area (Å²) in [4.78, 5) is 0. The van der Waals surface area contributed by atoms with Crippen LogP contribution in [-0.4, -0.2) is 43.2 Å². The van der Waals surface area contributed by atoms with Crippen molar-refractivity contribution in [2.24, 2.45) is 0 Å². The average molecular weight is 253 g/mol. The molecule has 0 amide bonds. The van der Waals surface area contributed by atoms with Crippen molar-refractivity contribution in [2.75, 3.05) is 26.9 Å². The monoisotopic (exact) mass is 253 g/mol. The number of hydrogen-bond acceptors (Lipinski definition) is 5. The van der Waals surface area contributed by atoms with Gasteiger partial charge in [0.1, 0.15) is 11.5 Å². The molecule has 0 saturated carbocycles. The van der Waals surface area contributed by atoms with Crippen LogP contribution < -0.4 is 14.8 Å². The van der Waals surface area contributed by atoms with E-state index in [1.165, 1.54) is 0 Å². The van der Waals surface area contributed by atoms with Gasteiger partial charge in [-0.25, -0.2) is 0 Å². The van der Waals surface area contributed by atoms with Crippen LogP contribution in [0, 0.1) is 0 Å². The van der Waals surface area contributed by atoms with E-state index < -0.39 is 0 Å². The molecule has 5 heteroatoms. The molecule has 2 rings (SSSR count). The molecule has 1 aliphatic rings. The first-order valence-corrected chi connectivity index (χ1v) is 6.07. The molecule has 0 radical (unpaired) electrons. The predicted molar refractivity (Wildman–Crippen MR) is 66.9 cm³/mol. The van der Waals surface area contributed by atoms with Gasteiger partial charge < -0.3 is 25.0 Å². The minimum atomic E-state index is -0.313. The topological polar surface area (TPSA) is 71.0 Å². The van der Waals surface area contributed by atoms with Crippen LogP contribution in [0.1, 0.15) is 18.0 Å². The third-order valence-corrected chi connectivity index (χ3v) is 3.13. The summed E-state index contributed by atoms with van der Waals surface area (Å²) in [5.74, 6) is 1.60. The Morgan fingerprint density at radius 3 is 2.89 bits per heavy atom. The Morgan fingerprint density at radius 1 is 1.44 bits per heavy atom. The van der Waals surface area contributed by atoms with Gasteiger partial charge in [-0.1, -0.05) is 0 Å². The lowest BCUT2D eigenvalue weighted by Crippen LogP contribution is -2.40. The van der Waals surface area contributed by atoms with Crippen LogP contribution in [0.15, 0.2) is 18.2 Å². The lowest BCUT2D eigenvalue weighted by molar-refractivity contribution is 0.150. The molecule has 18 heavy (non-hydrogen) atoms. The van der Waals surface area contributed by atoms with E-state index in [1.807, 2.05) is 18.2 Å². The first-order valence-electron chi connectivity index (χ1n) is 6.07. The lowest BCUT2D eigenvalue weighted by Gasteiger charge is -2.29. The fraction of sp³-hybridized carbons (Fsp3) is 0.538. The largest absolute Gasteiger partial charge is 0.497 e. The summed E-state index contributed by atoms with van der Waals surface area (Å²) in [7, 11) is 1.62. The van der Waals surface area contributed by atoms with Crippen LogP contribution in [0.5, 0.6) is 11.5 Å². The van der Waals surface area contributed by atoms with Crippen LogP contribution in [0.3, 0.4) is 0 Å². The Bertz CT molecular complexity index is 393. The van der Waals surface area contributed by atoms with Crippen molar-refractivity contribution < 1.29 is 19.7 Å². The molecule has 0 aromatic heterocycles. The maximum Gasteiger partial charge on any atom is 0.124 e. The maximum absolute atomic E-state index is 9.13. The molecule has 1 heterocycles. The summed E-state index contributed by atoms with van der Waals surface area (Å²) < 4.78 is 10.8. The van der Waals surface area contributed by atoms with Crippen molar-refractivity contribution in [3.05, 3.63) is 23.8 Å². The Hall–Kier alpha value is -1.30. The first-order chi connectivity index (χ1) is 8.78. The Kier molecular flexibility index (Phi) is 4.41. The van der Waals surface area contributed by atoms with Crippen LogP contribution in [0.25, 0.3) is 0 Å². The van der Waals surface area contributed by atoms with E-state index >= 15 is 0 Å². The van der Waals surface area contributed by atoms with Crippen molar-refractivity contribution in [3.63, 3.8) is 0 Å². The van der Waals surface area contributed by atoms with E-state index in [2.05, 4.69) is 5.32 Å². The van der Waals surface area contributed by atoms with E-state index in [0.29, 0.717) is 6.61 Å². The van der Waals surface area contributed by atoms with Crippen molar-refractivity contribution in [1.82, 2.24) is 5.32 Å². The zero-order valence-electron chi connectivity index (χ0n) is 10.4. The Labute approximate surface area is 106 Å². The number of methoxy groups -OCH3 is 1. The van der Waals surface area contributed by atoms with Gasteiger partial charge in [0.25, 0.3) is 0 Å². The van der Waals surface area contributed by atoms with Crippen molar-refractivity contribution in [3.8, 4) is 11.5 Å². The van der Waals surface area contributed by atoms with Gasteiger partial charge in [-0.2, -0.15) is 0 Å². The standard InChI is InChI=1S/C13H19NO4/c1-17-10-2-3-13-11(6-10)12(4-5-18-13)14-9(7-15)8-16/h2-3,6,9,12,14-16H,4-5,7-8H2,1H3. The molecular formula is C13H19NO4. The molecule has 1 aliphatic heterocycles. The molecular weight excluding hydrogens is 234 g/mol. The SMILES string of the molecule is COc1ccc2c(c1)C(NC(CO)CO)CCO2. The summed E-state index contributed by atoms with van der Waals surface area (Å²) >= 11 is 0. The van der Waals surface area contributed by atoms with Crippen LogP contribution in [0.4, 0.5) is 0 Å². The highest BCUT2D eigenvalue weighted by Gasteiger charge is 2.24. The molecule has 5 nitrogen and oxygen atoms in total. The molecule has 1 atom stereocenters. The van der Waals surface area contributed by atoms with E-state index in [4.69, 9.17) is 19.7 Å². The van der Waals surface area contributed by atoms with Gasteiger partial charge in [0, 0.05) is 18.0 Å². The summed E-state index contributed by atoms with van der Waals surface area (Å²) in [6.45, 7) is 0.445. The second-order valence-corrected chi connectivity index (χ2v) is 4.32. The van der Waals surface area contributed by atoms with E-state index in [1.54, 1.807) is 7.11 Å². The van der Waals surface area contributed by atoms with Gasteiger partial charge in [0.2, 0.25) is 0 Å². The highest BCUT2D eigenvalue weighted by atomic mass is 16.5. The Morgan fingerprint density at radius 2 is 2.22 bits per heavy atom. The fourth-order valence-electron chi connectivity index (χ4n) is 2.12. The van der Waals surface area contributed by atoms with Gasteiger partial charge in [0.15, 0.2) is 0 Å². The number of fused-ring (bicyclic) bond motifs is 1. The molecule has 0 fully saturated rings. The number of aliphatic hydroxyl groups is 2. The summed E-state index contributed by atoms with van der Waals surface area (Å²) in [5.41, 5.74) is 1.01. The Balaban J connectivity index is 2.20. The predicted octanol–water partition coefficient (Wildman–Crippen LogP) is 0.462. The molecule has 0 bridgehead atoms. The molecule has 0 spiro atoms. The van der Waals surface area contributed by atoms with Crippen molar-refractivity contribution >= 4 is 0 Å². The quantitative estimate of drug-likeness (QED) is 0.711. The molecule has 0 saturated heterocycles. The number of nitrogens with one attached hydrogen (secondary N) is 1. The highest BCUT2D eigenvalue weighted by Crippen LogP contribution is 2.34. The van der Waals surface area contributed by atoms with E-state index in [0.717, 1.165) is 23.5 Å².